The molecule has 90 valence electrons. The molecule has 1 unspecified atom stereocenters. The van der Waals surface area contributed by atoms with Crippen LogP contribution in [0.25, 0.3) is 0 Å². The second-order valence-electron chi connectivity index (χ2n) is 3.67. The van der Waals surface area contributed by atoms with E-state index in [1.165, 1.54) is 12.1 Å². The minimum Gasteiger partial charge on any atom is -0.271 e. The first kappa shape index (κ1) is 12.5. The number of benzene rings is 1. The quantitative estimate of drug-likeness (QED) is 0.661. The molecule has 0 bridgehead atoms. The van der Waals surface area contributed by atoms with E-state index in [1.54, 1.807) is 17.4 Å². The molecule has 0 aliphatic carbocycles. The molecule has 1 aromatic carbocycles. The Morgan fingerprint density at radius 1 is 1.41 bits per heavy atom. The first-order valence-corrected chi connectivity index (χ1v) is 6.40. The fourth-order valence-electron chi connectivity index (χ4n) is 1.67. The van der Waals surface area contributed by atoms with Gasteiger partial charge in [0.05, 0.1) is 6.04 Å². The molecule has 0 saturated carbocycles. The summed E-state index contributed by atoms with van der Waals surface area (Å²) in [5, 5.41) is 2.49. The lowest BCUT2D eigenvalue weighted by atomic mass is 10.0. The molecule has 0 saturated heterocycles. The number of halogens is 2. The first-order chi connectivity index (χ1) is 8.20. The number of nitrogens with two attached hydrogens (primary N) is 1. The fraction of sp³-hybridized carbons (Fsp3) is 0.167. The molecular weight excluding hydrogens is 259 g/mol. The van der Waals surface area contributed by atoms with Crippen molar-refractivity contribution in [3.05, 3.63) is 57.0 Å². The van der Waals surface area contributed by atoms with E-state index >= 15 is 0 Å². The molecule has 2 rings (SSSR count). The Hall–Kier alpha value is -0.940. The van der Waals surface area contributed by atoms with Gasteiger partial charge in [-0.1, -0.05) is 17.7 Å². The van der Waals surface area contributed by atoms with Crippen LogP contribution in [0.5, 0.6) is 0 Å². The van der Waals surface area contributed by atoms with Crippen LogP contribution >= 0.6 is 22.9 Å². The van der Waals surface area contributed by atoms with Gasteiger partial charge in [0.25, 0.3) is 0 Å². The summed E-state index contributed by atoms with van der Waals surface area (Å²) in [6.45, 7) is 0. The van der Waals surface area contributed by atoms with Crippen molar-refractivity contribution in [2.45, 2.75) is 12.5 Å². The SMILES string of the molecule is NNC(Cc1cccs1)c1cc(Cl)ccc1F. The zero-order valence-electron chi connectivity index (χ0n) is 8.99. The second kappa shape index (κ2) is 5.60. The van der Waals surface area contributed by atoms with E-state index in [-0.39, 0.29) is 11.9 Å². The molecule has 0 spiro atoms. The standard InChI is InChI=1S/C12H12ClFN2S/c13-8-3-4-11(14)10(6-8)12(16-15)7-9-2-1-5-17-9/h1-6,12,16H,7,15H2. The van der Waals surface area contributed by atoms with Crippen molar-refractivity contribution in [3.63, 3.8) is 0 Å². The Bertz CT molecular complexity index is 487. The van der Waals surface area contributed by atoms with E-state index in [1.807, 2.05) is 17.5 Å². The van der Waals surface area contributed by atoms with Gasteiger partial charge in [0.2, 0.25) is 0 Å². The number of thiophene rings is 1. The molecule has 1 atom stereocenters. The minimum absolute atomic E-state index is 0.271. The molecule has 17 heavy (non-hydrogen) atoms. The van der Waals surface area contributed by atoms with Crippen molar-refractivity contribution < 1.29 is 4.39 Å². The lowest BCUT2D eigenvalue weighted by Crippen LogP contribution is -2.30. The van der Waals surface area contributed by atoms with Crippen LogP contribution in [0.4, 0.5) is 4.39 Å². The normalized spacial score (nSPS) is 12.6. The highest BCUT2D eigenvalue weighted by Crippen LogP contribution is 2.25. The van der Waals surface area contributed by atoms with Gasteiger partial charge in [-0.05, 0) is 29.6 Å². The Kier molecular flexibility index (Phi) is 4.12. The Morgan fingerprint density at radius 2 is 2.24 bits per heavy atom. The van der Waals surface area contributed by atoms with Crippen LogP contribution in [-0.2, 0) is 6.42 Å². The summed E-state index contributed by atoms with van der Waals surface area (Å²) in [5.74, 6) is 5.19. The Balaban J connectivity index is 2.25. The third-order valence-electron chi connectivity index (χ3n) is 2.52. The van der Waals surface area contributed by atoms with E-state index in [2.05, 4.69) is 5.43 Å². The maximum Gasteiger partial charge on any atom is 0.128 e. The van der Waals surface area contributed by atoms with Crippen LogP contribution in [-0.4, -0.2) is 0 Å². The van der Waals surface area contributed by atoms with Crippen molar-refractivity contribution in [1.29, 1.82) is 0 Å². The molecule has 1 aromatic heterocycles. The lowest BCUT2D eigenvalue weighted by molar-refractivity contribution is 0.513. The van der Waals surface area contributed by atoms with Crippen LogP contribution in [0.15, 0.2) is 35.7 Å². The lowest BCUT2D eigenvalue weighted by Gasteiger charge is -2.16. The average molecular weight is 271 g/mol. The van der Waals surface area contributed by atoms with Crippen LogP contribution < -0.4 is 11.3 Å². The number of hydrogen-bond acceptors (Lipinski definition) is 3. The van der Waals surface area contributed by atoms with Gasteiger partial charge < -0.3 is 0 Å². The zero-order chi connectivity index (χ0) is 12.3. The van der Waals surface area contributed by atoms with E-state index in [0.29, 0.717) is 17.0 Å². The van der Waals surface area contributed by atoms with E-state index in [0.717, 1.165) is 4.88 Å². The van der Waals surface area contributed by atoms with Gasteiger partial charge in [-0.15, -0.1) is 11.3 Å². The number of hydrogen-bond donors (Lipinski definition) is 2. The highest BCUT2D eigenvalue weighted by molar-refractivity contribution is 7.09. The van der Waals surface area contributed by atoms with Crippen LogP contribution in [0.2, 0.25) is 5.02 Å². The van der Waals surface area contributed by atoms with Crippen LogP contribution in [0, 0.1) is 5.82 Å². The molecule has 1 heterocycles. The Morgan fingerprint density at radius 3 is 2.88 bits per heavy atom. The van der Waals surface area contributed by atoms with Crippen LogP contribution in [0.1, 0.15) is 16.5 Å². The van der Waals surface area contributed by atoms with E-state index < -0.39 is 0 Å². The first-order valence-electron chi connectivity index (χ1n) is 5.14. The molecule has 3 N–H and O–H groups in total. The fourth-order valence-corrected chi connectivity index (χ4v) is 2.60. The van der Waals surface area contributed by atoms with Crippen molar-refractivity contribution >= 4 is 22.9 Å². The molecule has 0 radical (unpaired) electrons. The van der Waals surface area contributed by atoms with Gasteiger partial charge >= 0.3 is 0 Å². The van der Waals surface area contributed by atoms with Crippen molar-refractivity contribution in [1.82, 2.24) is 5.43 Å². The summed E-state index contributed by atoms with van der Waals surface area (Å²) in [7, 11) is 0. The monoisotopic (exact) mass is 270 g/mol. The summed E-state index contributed by atoms with van der Waals surface area (Å²) in [6, 6.07) is 8.18. The summed E-state index contributed by atoms with van der Waals surface area (Å²) in [6.07, 6.45) is 0.644. The molecular formula is C12H12ClFN2S. The number of rotatable bonds is 4. The molecule has 2 aromatic rings. The van der Waals surface area contributed by atoms with Crippen molar-refractivity contribution in [3.8, 4) is 0 Å². The molecule has 0 fully saturated rings. The average Bonchev–Trinajstić information content (AvgIpc) is 2.82. The molecule has 0 aliphatic heterocycles. The van der Waals surface area contributed by atoms with Gasteiger partial charge in [-0.25, -0.2) is 4.39 Å². The van der Waals surface area contributed by atoms with Gasteiger partial charge in [-0.2, -0.15) is 0 Å². The van der Waals surface area contributed by atoms with Gasteiger partial charge in [-0.3, -0.25) is 11.3 Å². The molecule has 5 heteroatoms. The minimum atomic E-state index is -0.297. The summed E-state index contributed by atoms with van der Waals surface area (Å²) in [5.41, 5.74) is 3.13. The number of hydrazine groups is 1. The van der Waals surface area contributed by atoms with Crippen molar-refractivity contribution in [2.24, 2.45) is 5.84 Å². The highest BCUT2D eigenvalue weighted by atomic mass is 35.5. The molecule has 2 nitrogen and oxygen atoms in total. The maximum atomic E-state index is 13.7. The van der Waals surface area contributed by atoms with Crippen LogP contribution in [0.3, 0.4) is 0 Å². The second-order valence-corrected chi connectivity index (χ2v) is 5.14. The third kappa shape index (κ3) is 3.04. The summed E-state index contributed by atoms with van der Waals surface area (Å²) in [4.78, 5) is 1.15. The molecule has 0 aliphatic rings. The van der Waals surface area contributed by atoms with E-state index in [9.17, 15) is 4.39 Å². The summed E-state index contributed by atoms with van der Waals surface area (Å²) < 4.78 is 13.7. The van der Waals surface area contributed by atoms with E-state index in [4.69, 9.17) is 17.4 Å². The Labute approximate surface area is 108 Å². The van der Waals surface area contributed by atoms with Gasteiger partial charge in [0, 0.05) is 21.9 Å². The predicted octanol–water partition coefficient (Wildman–Crippen LogP) is 3.29. The predicted molar refractivity (Wildman–Crippen MR) is 69.5 cm³/mol. The highest BCUT2D eigenvalue weighted by Gasteiger charge is 2.15. The molecule has 0 amide bonds. The maximum absolute atomic E-state index is 13.7. The number of nitrogens with one attached hydrogen (secondary N) is 1. The topological polar surface area (TPSA) is 38.0 Å². The third-order valence-corrected chi connectivity index (χ3v) is 3.65. The van der Waals surface area contributed by atoms with Gasteiger partial charge in [0.15, 0.2) is 0 Å². The van der Waals surface area contributed by atoms with Gasteiger partial charge in [0.1, 0.15) is 5.82 Å². The summed E-state index contributed by atoms with van der Waals surface area (Å²) >= 11 is 7.49. The largest absolute Gasteiger partial charge is 0.271 e. The zero-order valence-corrected chi connectivity index (χ0v) is 10.6. The van der Waals surface area contributed by atoms with Crippen molar-refractivity contribution in [2.75, 3.05) is 0 Å². The smallest absolute Gasteiger partial charge is 0.128 e.